The number of benzene rings is 4. The third-order valence-electron chi connectivity index (χ3n) is 10.3. The second-order valence-corrected chi connectivity index (χ2v) is 23.1. The van der Waals surface area contributed by atoms with E-state index in [9.17, 15) is 5.11 Å². The Hall–Kier alpha value is -4.70. The molecule has 6 aromatic rings. The van der Waals surface area contributed by atoms with Gasteiger partial charge >= 0.3 is 0 Å². The van der Waals surface area contributed by atoms with Gasteiger partial charge in [-0.05, 0) is 69.1 Å². The van der Waals surface area contributed by atoms with Crippen molar-refractivity contribution in [3.8, 4) is 21.1 Å². The molecule has 0 unspecified atom stereocenters. The summed E-state index contributed by atoms with van der Waals surface area (Å²) >= 11 is 15.7. The highest BCUT2D eigenvalue weighted by molar-refractivity contribution is 7.15. The lowest BCUT2D eigenvalue weighted by atomic mass is 10.1. The zero-order chi connectivity index (χ0) is 43.1. The predicted octanol–water partition coefficient (Wildman–Crippen LogP) is 14.2. The van der Waals surface area contributed by atoms with Gasteiger partial charge in [-0.25, -0.2) is 9.69 Å². The van der Waals surface area contributed by atoms with Crippen LogP contribution in [0.2, 0.25) is 28.2 Å². The fourth-order valence-electron chi connectivity index (χ4n) is 5.76. The molecule has 0 fully saturated rings. The van der Waals surface area contributed by atoms with Crippen molar-refractivity contribution in [2.24, 2.45) is 0 Å². The number of anilines is 2. The zero-order valence-corrected chi connectivity index (χ0v) is 38.6. The summed E-state index contributed by atoms with van der Waals surface area (Å²) in [5.41, 5.74) is 6.10. The molecule has 0 aliphatic carbocycles. The van der Waals surface area contributed by atoms with Gasteiger partial charge in [0.1, 0.15) is 32.1 Å². The van der Waals surface area contributed by atoms with E-state index < -0.39 is 20.5 Å². The molecular formula is C45H52Cl2N8O2S2Si. The van der Waals surface area contributed by atoms with Crippen LogP contribution in [-0.4, -0.2) is 46.0 Å². The average molecular weight is 900 g/mol. The van der Waals surface area contributed by atoms with Crippen LogP contribution in [0, 0.1) is 27.0 Å². The number of nitrogens with one attached hydrogen (secondary N) is 2. The third-order valence-corrected chi connectivity index (χ3v) is 17.9. The maximum absolute atomic E-state index is 10.3. The molecule has 0 saturated carbocycles. The summed E-state index contributed by atoms with van der Waals surface area (Å²) < 4.78 is 6.75. The van der Waals surface area contributed by atoms with Gasteiger partial charge in [0.2, 0.25) is 11.4 Å². The van der Waals surface area contributed by atoms with E-state index in [2.05, 4.69) is 81.5 Å². The Morgan fingerprint density at radius 3 is 1.47 bits per heavy atom. The van der Waals surface area contributed by atoms with E-state index in [1.54, 1.807) is 36.5 Å². The Kier molecular flexibility index (Phi) is 16.6. The van der Waals surface area contributed by atoms with E-state index in [1.807, 2.05) is 80.6 Å². The second kappa shape index (κ2) is 20.7. The minimum absolute atomic E-state index is 0. The molecule has 3 N–H and O–H groups in total. The second-order valence-electron chi connectivity index (χ2n) is 15.6. The van der Waals surface area contributed by atoms with Crippen LogP contribution >= 0.6 is 45.9 Å². The number of hydrogen-bond acceptors (Lipinski definition) is 10. The van der Waals surface area contributed by atoms with Gasteiger partial charge in [-0.3, -0.25) is 0 Å². The van der Waals surface area contributed by atoms with Crippen molar-refractivity contribution < 1.29 is 9.53 Å². The molecule has 2 heterocycles. The standard InChI is InChI=1S/C25H31ClN4OSSi.C19H17ClN4OS.CH4/c1-16-19(14-15-20(27-6)21(16)26)28-22(17(2)31-33(7,8)25(3,4)5)24-30-29-23(32-24)18-12-10-9-11-13-18;1-11-14(9-10-15(21-3)16(11)20)22-17(12(2)25)19-24-23-18(26-19)13-7-5-4-6-8-13;/h9-15,17,22,28H,1-5,7-8H3;4-10,12,17,22,25H,1-2H3;1H4/t17-,22-;12-,17-;/m11./s1. The van der Waals surface area contributed by atoms with Gasteiger partial charge in [0.25, 0.3) is 0 Å². The first kappa shape index (κ1) is 48.0. The van der Waals surface area contributed by atoms with Crippen LogP contribution in [0.5, 0.6) is 0 Å². The number of hydrogen-bond donors (Lipinski definition) is 3. The van der Waals surface area contributed by atoms with Crippen molar-refractivity contribution >= 4 is 76.9 Å². The first-order chi connectivity index (χ1) is 27.9. The molecule has 314 valence electrons. The summed E-state index contributed by atoms with van der Waals surface area (Å²) in [7, 11) is -2.03. The highest BCUT2D eigenvalue weighted by Crippen LogP contribution is 2.42. The molecule has 0 spiro atoms. The van der Waals surface area contributed by atoms with E-state index >= 15 is 0 Å². The minimum atomic E-state index is -2.03. The van der Waals surface area contributed by atoms with Crippen molar-refractivity contribution in [1.29, 1.82) is 0 Å². The van der Waals surface area contributed by atoms with Crippen LogP contribution in [0.15, 0.2) is 84.9 Å². The molecule has 4 aromatic carbocycles. The number of nitrogens with zero attached hydrogens (tertiary/aromatic N) is 6. The Labute approximate surface area is 373 Å². The van der Waals surface area contributed by atoms with E-state index in [0.717, 1.165) is 48.7 Å². The molecule has 0 saturated heterocycles. The lowest BCUT2D eigenvalue weighted by Gasteiger charge is -2.40. The molecule has 6 rings (SSSR count). The first-order valence-electron chi connectivity index (χ1n) is 19.0. The molecule has 0 aliphatic rings. The van der Waals surface area contributed by atoms with Gasteiger partial charge in [-0.2, -0.15) is 0 Å². The van der Waals surface area contributed by atoms with Gasteiger partial charge in [-0.1, -0.05) is 147 Å². The van der Waals surface area contributed by atoms with E-state index in [0.29, 0.717) is 26.4 Å². The monoisotopic (exact) mass is 898 g/mol. The zero-order valence-electron chi connectivity index (χ0n) is 34.5. The summed E-state index contributed by atoms with van der Waals surface area (Å²) in [6.45, 7) is 33.2. The fourth-order valence-corrected chi connectivity index (χ4v) is 9.58. The molecule has 10 nitrogen and oxygen atoms in total. The topological polar surface area (TPSA) is 114 Å². The van der Waals surface area contributed by atoms with Crippen molar-refractivity contribution in [1.82, 2.24) is 20.4 Å². The summed E-state index contributed by atoms with van der Waals surface area (Å²) in [5.74, 6) is 0. The summed E-state index contributed by atoms with van der Waals surface area (Å²) in [6.07, 6.45) is -0.841. The molecule has 15 heteroatoms. The maximum Gasteiger partial charge on any atom is 0.205 e. The summed E-state index contributed by atoms with van der Waals surface area (Å²) in [5, 5.41) is 38.9. The van der Waals surface area contributed by atoms with Gasteiger partial charge in [0, 0.05) is 22.5 Å². The number of aliphatic hydroxyl groups excluding tert-OH is 1. The lowest BCUT2D eigenvalue weighted by Crippen LogP contribution is -2.45. The van der Waals surface area contributed by atoms with Crippen molar-refractivity contribution in [2.45, 2.75) is 98.3 Å². The van der Waals surface area contributed by atoms with Crippen LogP contribution in [0.4, 0.5) is 22.7 Å². The molecule has 0 bridgehead atoms. The first-order valence-corrected chi connectivity index (χ1v) is 24.2. The van der Waals surface area contributed by atoms with Gasteiger partial charge in [0.05, 0.1) is 35.4 Å². The van der Waals surface area contributed by atoms with Gasteiger partial charge in [0.15, 0.2) is 8.32 Å². The van der Waals surface area contributed by atoms with Crippen molar-refractivity contribution in [3.05, 3.63) is 139 Å². The highest BCUT2D eigenvalue weighted by Gasteiger charge is 2.40. The largest absolute Gasteiger partial charge is 0.412 e. The number of aromatic nitrogens is 4. The molecule has 2 aromatic heterocycles. The average Bonchev–Trinajstić information content (AvgIpc) is 3.91. The summed E-state index contributed by atoms with van der Waals surface area (Å²) in [4.78, 5) is 6.91. The minimum Gasteiger partial charge on any atom is -0.412 e. The number of rotatable bonds is 12. The Morgan fingerprint density at radius 1 is 0.683 bits per heavy atom. The SMILES string of the molecule is C.[C-]#[N+]c1ccc(N[C@@H](c2nnc(-c3ccccc3)s2)[C@@H](C)O)c(C)c1Cl.[C-]#[N+]c1ccc(N[C@@H](c2nnc(-c3ccccc3)s2)[C@@H](C)O[Si](C)(C)C(C)(C)C)c(C)c1Cl. The van der Waals surface area contributed by atoms with Crippen LogP contribution in [-0.2, 0) is 4.43 Å². The van der Waals surface area contributed by atoms with E-state index in [4.69, 9.17) is 40.8 Å². The van der Waals surface area contributed by atoms with Crippen LogP contribution in [0.1, 0.15) is 75.3 Å². The quantitative estimate of drug-likeness (QED) is 0.0822. The van der Waals surface area contributed by atoms with Crippen LogP contribution in [0.25, 0.3) is 30.8 Å². The van der Waals surface area contributed by atoms with Crippen molar-refractivity contribution in [2.75, 3.05) is 10.6 Å². The lowest BCUT2D eigenvalue weighted by molar-refractivity contribution is 0.171. The smallest absolute Gasteiger partial charge is 0.205 e. The molecule has 4 atom stereocenters. The molecule has 60 heavy (non-hydrogen) atoms. The number of halogens is 2. The molecular weight excluding hydrogens is 848 g/mol. The Morgan fingerprint density at radius 2 is 1.08 bits per heavy atom. The Bertz CT molecular complexity index is 2440. The maximum atomic E-state index is 10.3. The van der Waals surface area contributed by atoms with Crippen LogP contribution < -0.4 is 10.6 Å². The van der Waals surface area contributed by atoms with Gasteiger partial charge < -0.3 is 20.2 Å². The highest BCUT2D eigenvalue weighted by atomic mass is 35.5. The van der Waals surface area contributed by atoms with Gasteiger partial charge in [-0.15, -0.1) is 20.4 Å². The molecule has 0 amide bonds. The number of aliphatic hydroxyl groups is 1. The normalized spacial score (nSPS) is 13.3. The van der Waals surface area contributed by atoms with E-state index in [-0.39, 0.29) is 24.6 Å². The summed E-state index contributed by atoms with van der Waals surface area (Å²) in [6, 6.07) is 26.3. The van der Waals surface area contributed by atoms with Crippen LogP contribution in [0.3, 0.4) is 0 Å². The predicted molar refractivity (Wildman–Crippen MR) is 254 cm³/mol. The molecule has 0 aliphatic heterocycles. The molecule has 0 radical (unpaired) electrons. The van der Waals surface area contributed by atoms with E-state index in [1.165, 1.54) is 11.3 Å². The third kappa shape index (κ3) is 11.4. The Balaban J connectivity index is 0.000000267. The van der Waals surface area contributed by atoms with Crippen molar-refractivity contribution in [3.63, 3.8) is 0 Å². The fraction of sp³-hybridized carbons (Fsp3) is 0.333.